The molecule has 1 aromatic carbocycles. The molecule has 4 nitrogen and oxygen atoms in total. The van der Waals surface area contributed by atoms with Crippen LogP contribution in [0.5, 0.6) is 5.75 Å². The van der Waals surface area contributed by atoms with E-state index in [0.29, 0.717) is 6.42 Å². The van der Waals surface area contributed by atoms with E-state index in [0.717, 1.165) is 35.2 Å². The highest BCUT2D eigenvalue weighted by Gasteiger charge is 2.20. The topological polar surface area (TPSA) is 63.9 Å². The van der Waals surface area contributed by atoms with Crippen molar-refractivity contribution in [2.75, 3.05) is 6.61 Å². The van der Waals surface area contributed by atoms with Crippen LogP contribution in [-0.4, -0.2) is 16.6 Å². The van der Waals surface area contributed by atoms with E-state index in [2.05, 4.69) is 9.97 Å². The van der Waals surface area contributed by atoms with Crippen LogP contribution in [0.3, 0.4) is 0 Å². The molecule has 3 N–H and O–H groups in total. The summed E-state index contributed by atoms with van der Waals surface area (Å²) >= 11 is 6.12. The second-order valence-corrected chi connectivity index (χ2v) is 4.87. The van der Waals surface area contributed by atoms with Gasteiger partial charge < -0.3 is 15.5 Å². The van der Waals surface area contributed by atoms with E-state index in [1.807, 2.05) is 12.1 Å². The van der Waals surface area contributed by atoms with Crippen LogP contribution in [0.1, 0.15) is 23.0 Å². The second kappa shape index (κ2) is 4.63. The smallest absolute Gasteiger partial charge is 0.125 e. The molecule has 0 saturated heterocycles. The van der Waals surface area contributed by atoms with Gasteiger partial charge in [-0.1, -0.05) is 11.6 Å². The van der Waals surface area contributed by atoms with Gasteiger partial charge >= 0.3 is 0 Å². The number of fused-ring (bicyclic) bond motifs is 1. The van der Waals surface area contributed by atoms with Gasteiger partial charge in [-0.15, -0.1) is 0 Å². The third-order valence-electron chi connectivity index (χ3n) is 3.14. The number of rotatable bonds is 3. The summed E-state index contributed by atoms with van der Waals surface area (Å²) < 4.78 is 5.66. The van der Waals surface area contributed by atoms with Crippen molar-refractivity contribution in [3.05, 3.63) is 46.5 Å². The average Bonchev–Trinajstić information content (AvgIpc) is 2.98. The van der Waals surface area contributed by atoms with Crippen LogP contribution >= 0.6 is 11.6 Å². The Hall–Kier alpha value is -1.52. The number of benzene rings is 1. The lowest BCUT2D eigenvalue weighted by Gasteiger charge is -2.13. The number of aromatic nitrogens is 2. The summed E-state index contributed by atoms with van der Waals surface area (Å²) in [5, 5.41) is 0.737. The Kier molecular flexibility index (Phi) is 2.97. The maximum absolute atomic E-state index is 6.12. The van der Waals surface area contributed by atoms with Crippen molar-refractivity contribution in [3.63, 3.8) is 0 Å². The molecule has 0 fully saturated rings. The molecule has 1 unspecified atom stereocenters. The maximum atomic E-state index is 6.12. The van der Waals surface area contributed by atoms with Gasteiger partial charge in [0, 0.05) is 23.8 Å². The van der Waals surface area contributed by atoms with Gasteiger partial charge in [-0.05, 0) is 29.7 Å². The quantitative estimate of drug-likeness (QED) is 0.893. The molecular weight excluding hydrogens is 250 g/mol. The maximum Gasteiger partial charge on any atom is 0.125 e. The normalized spacial score (nSPS) is 15.2. The van der Waals surface area contributed by atoms with E-state index in [1.54, 1.807) is 12.4 Å². The molecule has 5 heteroatoms. The van der Waals surface area contributed by atoms with E-state index < -0.39 is 0 Å². The van der Waals surface area contributed by atoms with E-state index in [4.69, 9.17) is 22.1 Å². The van der Waals surface area contributed by atoms with Crippen molar-refractivity contribution >= 4 is 11.6 Å². The summed E-state index contributed by atoms with van der Waals surface area (Å²) in [6, 6.07) is 3.71. The number of halogens is 1. The standard InChI is InChI=1S/C13H14ClN3O/c14-10-5-8-1-4-18-12(8)9(6-10)7-11(15)13-16-2-3-17-13/h2-3,5-6,11H,1,4,7,15H2,(H,16,17). The van der Waals surface area contributed by atoms with Crippen LogP contribution < -0.4 is 10.5 Å². The van der Waals surface area contributed by atoms with E-state index >= 15 is 0 Å². The number of ether oxygens (including phenoxy) is 1. The Labute approximate surface area is 110 Å². The minimum Gasteiger partial charge on any atom is -0.493 e. The van der Waals surface area contributed by atoms with E-state index in [9.17, 15) is 0 Å². The van der Waals surface area contributed by atoms with Crippen molar-refractivity contribution < 1.29 is 4.74 Å². The molecule has 0 saturated carbocycles. The highest BCUT2D eigenvalue weighted by atomic mass is 35.5. The van der Waals surface area contributed by atoms with Crippen molar-refractivity contribution in [2.24, 2.45) is 5.73 Å². The second-order valence-electron chi connectivity index (χ2n) is 4.44. The molecule has 0 bridgehead atoms. The lowest BCUT2D eigenvalue weighted by molar-refractivity contribution is 0.352. The number of aromatic amines is 1. The zero-order valence-electron chi connectivity index (χ0n) is 9.82. The third kappa shape index (κ3) is 2.09. The average molecular weight is 264 g/mol. The van der Waals surface area contributed by atoms with Gasteiger partial charge in [0.1, 0.15) is 11.6 Å². The third-order valence-corrected chi connectivity index (χ3v) is 3.35. The fourth-order valence-corrected chi connectivity index (χ4v) is 2.57. The Morgan fingerprint density at radius 3 is 3.17 bits per heavy atom. The first-order chi connectivity index (χ1) is 8.74. The summed E-state index contributed by atoms with van der Waals surface area (Å²) in [7, 11) is 0. The number of hydrogen-bond donors (Lipinski definition) is 2. The first kappa shape index (κ1) is 11.6. The van der Waals surface area contributed by atoms with Crippen molar-refractivity contribution in [2.45, 2.75) is 18.9 Å². The SMILES string of the molecule is NC(Cc1cc(Cl)cc2c1OCC2)c1ncc[nH]1. The van der Waals surface area contributed by atoms with Gasteiger partial charge in [-0.3, -0.25) is 0 Å². The molecule has 0 radical (unpaired) electrons. The molecule has 1 aliphatic heterocycles. The van der Waals surface area contributed by atoms with Crippen LogP contribution in [0.4, 0.5) is 0 Å². The van der Waals surface area contributed by atoms with Crippen LogP contribution in [-0.2, 0) is 12.8 Å². The zero-order valence-corrected chi connectivity index (χ0v) is 10.6. The molecule has 3 rings (SSSR count). The minimum absolute atomic E-state index is 0.174. The molecular formula is C13H14ClN3O. The summed E-state index contributed by atoms with van der Waals surface area (Å²) in [6.45, 7) is 0.721. The van der Waals surface area contributed by atoms with Crippen LogP contribution in [0.15, 0.2) is 24.5 Å². The number of nitrogens with two attached hydrogens (primary N) is 1. The van der Waals surface area contributed by atoms with E-state index in [-0.39, 0.29) is 6.04 Å². The van der Waals surface area contributed by atoms with Gasteiger partial charge in [0.15, 0.2) is 0 Å². The molecule has 0 aliphatic carbocycles. The zero-order chi connectivity index (χ0) is 12.5. The Morgan fingerprint density at radius 2 is 2.39 bits per heavy atom. The number of imidazole rings is 1. The Morgan fingerprint density at radius 1 is 1.50 bits per heavy atom. The van der Waals surface area contributed by atoms with Gasteiger partial charge in [0.2, 0.25) is 0 Å². The molecule has 1 aliphatic rings. The fraction of sp³-hybridized carbons (Fsp3) is 0.308. The lowest BCUT2D eigenvalue weighted by atomic mass is 10.0. The number of nitrogens with zero attached hydrogens (tertiary/aromatic N) is 1. The molecule has 2 aromatic rings. The number of H-pyrrole nitrogens is 1. The van der Waals surface area contributed by atoms with Crippen LogP contribution in [0.25, 0.3) is 0 Å². The monoisotopic (exact) mass is 263 g/mol. The summed E-state index contributed by atoms with van der Waals surface area (Å²) in [4.78, 5) is 7.20. The predicted molar refractivity (Wildman–Crippen MR) is 69.9 cm³/mol. The minimum atomic E-state index is -0.174. The van der Waals surface area contributed by atoms with Crippen LogP contribution in [0.2, 0.25) is 5.02 Å². The Bertz CT molecular complexity index is 554. The van der Waals surface area contributed by atoms with Crippen molar-refractivity contribution in [3.8, 4) is 5.75 Å². The van der Waals surface area contributed by atoms with Gasteiger partial charge in [0.05, 0.1) is 12.6 Å². The molecule has 1 atom stereocenters. The number of nitrogens with one attached hydrogen (secondary N) is 1. The van der Waals surface area contributed by atoms with Crippen LogP contribution in [0, 0.1) is 0 Å². The summed E-state index contributed by atoms with van der Waals surface area (Å²) in [5.41, 5.74) is 8.35. The highest BCUT2D eigenvalue weighted by Crippen LogP contribution is 2.34. The molecule has 1 aromatic heterocycles. The molecule has 94 valence electrons. The molecule has 0 amide bonds. The molecule has 2 heterocycles. The molecule has 0 spiro atoms. The fourth-order valence-electron chi connectivity index (χ4n) is 2.31. The van der Waals surface area contributed by atoms with Gasteiger partial charge in [-0.2, -0.15) is 0 Å². The Balaban J connectivity index is 1.89. The number of hydrogen-bond acceptors (Lipinski definition) is 3. The van der Waals surface area contributed by atoms with Gasteiger partial charge in [0.25, 0.3) is 0 Å². The molecule has 18 heavy (non-hydrogen) atoms. The van der Waals surface area contributed by atoms with Crippen molar-refractivity contribution in [1.29, 1.82) is 0 Å². The predicted octanol–water partition coefficient (Wildman–Crippen LogP) is 2.24. The van der Waals surface area contributed by atoms with Crippen molar-refractivity contribution in [1.82, 2.24) is 9.97 Å². The first-order valence-electron chi connectivity index (χ1n) is 5.93. The highest BCUT2D eigenvalue weighted by molar-refractivity contribution is 6.30. The van der Waals surface area contributed by atoms with Gasteiger partial charge in [-0.25, -0.2) is 4.98 Å². The summed E-state index contributed by atoms with van der Waals surface area (Å²) in [5.74, 6) is 1.73. The largest absolute Gasteiger partial charge is 0.493 e. The summed E-state index contributed by atoms with van der Waals surface area (Å²) in [6.07, 6.45) is 5.05. The lowest BCUT2D eigenvalue weighted by Crippen LogP contribution is -2.15. The first-order valence-corrected chi connectivity index (χ1v) is 6.31. The van der Waals surface area contributed by atoms with E-state index in [1.165, 1.54) is 5.56 Å².